The first kappa shape index (κ1) is 32.4. The van der Waals surface area contributed by atoms with Crippen LogP contribution in [0.3, 0.4) is 0 Å². The molecule has 15 heteroatoms. The summed E-state index contributed by atoms with van der Waals surface area (Å²) < 4.78 is 34.1. The van der Waals surface area contributed by atoms with E-state index in [0.29, 0.717) is 21.9 Å². The fourth-order valence-corrected chi connectivity index (χ4v) is 4.40. The maximum atomic E-state index is 12.7. The monoisotopic (exact) mass is 653 g/mol. The zero-order chi connectivity index (χ0) is 31.0. The second-order valence-corrected chi connectivity index (χ2v) is 10.5. The number of carbonyl (C=O) groups is 2. The van der Waals surface area contributed by atoms with Crippen molar-refractivity contribution < 1.29 is 27.9 Å². The second kappa shape index (κ2) is 14.2. The number of carbonyl (C=O) groups excluding carboxylic acids is 1. The van der Waals surface area contributed by atoms with Crippen LogP contribution in [0.25, 0.3) is 0 Å². The van der Waals surface area contributed by atoms with E-state index in [1.807, 2.05) is 32.0 Å². The van der Waals surface area contributed by atoms with Gasteiger partial charge in [-0.1, -0.05) is 0 Å². The minimum atomic E-state index is -5.08. The Balaban J connectivity index is 0.000000616. The normalized spacial score (nSPS) is 13.7. The lowest BCUT2D eigenvalue weighted by molar-refractivity contribution is -0.192. The van der Waals surface area contributed by atoms with Crippen molar-refractivity contribution in [1.82, 2.24) is 19.9 Å². The van der Waals surface area contributed by atoms with Crippen LogP contribution in [0, 0.1) is 0 Å². The molecule has 4 N–H and O–H groups in total. The highest BCUT2D eigenvalue weighted by Gasteiger charge is 2.38. The van der Waals surface area contributed by atoms with Crippen LogP contribution >= 0.6 is 15.9 Å². The zero-order valence-electron chi connectivity index (χ0n) is 23.1. The molecule has 2 aromatic heterocycles. The fraction of sp³-hybridized carbons (Fsp3) is 0.370. The number of hydrogen-bond donors (Lipinski definition) is 4. The molecular weight excluding hydrogens is 623 g/mol. The maximum Gasteiger partial charge on any atom is 0.490 e. The van der Waals surface area contributed by atoms with Crippen molar-refractivity contribution in [2.75, 3.05) is 28.6 Å². The molecule has 1 aliphatic rings. The Morgan fingerprint density at radius 3 is 2.26 bits per heavy atom. The highest BCUT2D eigenvalue weighted by Crippen LogP contribution is 2.26. The lowest BCUT2D eigenvalue weighted by atomic mass is 10.0. The molecule has 42 heavy (non-hydrogen) atoms. The number of pyridine rings is 1. The van der Waals surface area contributed by atoms with Crippen molar-refractivity contribution in [3.8, 4) is 0 Å². The van der Waals surface area contributed by atoms with Gasteiger partial charge in [0.2, 0.25) is 11.9 Å². The number of carboxylic acid groups (broad SMARTS) is 1. The lowest BCUT2D eigenvalue weighted by Crippen LogP contribution is -2.44. The minimum absolute atomic E-state index is 0.0313. The van der Waals surface area contributed by atoms with Crippen LogP contribution in [-0.2, 0) is 9.59 Å². The van der Waals surface area contributed by atoms with E-state index in [4.69, 9.17) is 9.90 Å². The Bertz CT molecular complexity index is 1440. The molecule has 0 bridgehead atoms. The molecule has 1 aliphatic heterocycles. The van der Waals surface area contributed by atoms with Gasteiger partial charge < -0.3 is 30.5 Å². The highest BCUT2D eigenvalue weighted by atomic mass is 79.9. The number of anilines is 5. The molecule has 0 spiro atoms. The van der Waals surface area contributed by atoms with E-state index >= 15 is 0 Å². The number of piperidine rings is 1. The van der Waals surface area contributed by atoms with E-state index in [0.717, 1.165) is 37.3 Å². The van der Waals surface area contributed by atoms with Crippen molar-refractivity contribution in [1.29, 1.82) is 0 Å². The van der Waals surface area contributed by atoms with Gasteiger partial charge in [0.15, 0.2) is 5.82 Å². The van der Waals surface area contributed by atoms with E-state index in [9.17, 15) is 22.8 Å². The fourth-order valence-electron chi connectivity index (χ4n) is 4.11. The summed E-state index contributed by atoms with van der Waals surface area (Å²) in [6.45, 7) is 7.30. The Morgan fingerprint density at radius 2 is 1.71 bits per heavy atom. The summed E-state index contributed by atoms with van der Waals surface area (Å²) >= 11 is 3.46. The average Bonchev–Trinajstić information content (AvgIpc) is 2.92. The van der Waals surface area contributed by atoms with Crippen LogP contribution in [-0.4, -0.2) is 56.8 Å². The van der Waals surface area contributed by atoms with Crippen molar-refractivity contribution >= 4 is 56.6 Å². The number of benzene rings is 1. The third-order valence-corrected chi connectivity index (χ3v) is 6.74. The molecule has 1 saturated heterocycles. The van der Waals surface area contributed by atoms with Gasteiger partial charge in [-0.05, 0) is 79.0 Å². The van der Waals surface area contributed by atoms with Crippen molar-refractivity contribution in [2.45, 2.75) is 51.9 Å². The predicted molar refractivity (Wildman–Crippen MR) is 157 cm³/mol. The van der Waals surface area contributed by atoms with Gasteiger partial charge in [-0.3, -0.25) is 9.59 Å². The topological polar surface area (TPSA) is 141 Å². The van der Waals surface area contributed by atoms with Crippen molar-refractivity contribution in [2.24, 2.45) is 0 Å². The molecule has 3 aromatic rings. The first-order valence-electron chi connectivity index (χ1n) is 12.9. The number of hydrogen-bond acceptors (Lipinski definition) is 8. The van der Waals surface area contributed by atoms with Gasteiger partial charge in [0.25, 0.3) is 5.56 Å². The summed E-state index contributed by atoms with van der Waals surface area (Å²) in [4.78, 5) is 44.1. The first-order valence-corrected chi connectivity index (χ1v) is 13.7. The molecule has 3 heterocycles. The van der Waals surface area contributed by atoms with Crippen molar-refractivity contribution in [3.05, 3.63) is 63.6 Å². The van der Waals surface area contributed by atoms with Crippen LogP contribution in [0.4, 0.5) is 42.0 Å². The zero-order valence-corrected chi connectivity index (χ0v) is 24.7. The standard InChI is InChI=1S/C25H30BrN7O2.C2HF3O2/c1-16(2)33-12-4-5-22(24(33)35)30-23-21(26)15-27-25(31-23)29-18-6-8-20(9-7-18)32-13-10-19(11-14-32)28-17(3)34;3-2(4,5)1(6)7/h4-9,12,15-16,19H,10-11,13-14H2,1-3H3,(H,28,34)(H2,27,29,30,31);(H,6,7). The summed E-state index contributed by atoms with van der Waals surface area (Å²) in [7, 11) is 0. The molecule has 0 atom stereocenters. The van der Waals surface area contributed by atoms with Crippen LogP contribution in [0.15, 0.2) is 58.1 Å². The number of alkyl halides is 3. The SMILES string of the molecule is CC(=O)NC1CCN(c2ccc(Nc3ncc(Br)c(Nc4cccn(C(C)C)c4=O)n3)cc2)CC1.O=C(O)C(F)(F)F. The smallest absolute Gasteiger partial charge is 0.475 e. The molecule has 4 rings (SSSR count). The Labute approximate surface area is 248 Å². The van der Waals surface area contributed by atoms with E-state index in [-0.39, 0.29) is 23.6 Å². The predicted octanol–water partition coefficient (Wildman–Crippen LogP) is 5.21. The number of amides is 1. The van der Waals surface area contributed by atoms with Gasteiger partial charge in [0, 0.05) is 55.9 Å². The molecule has 11 nitrogen and oxygen atoms in total. The van der Waals surface area contributed by atoms with Crippen LogP contribution in [0.2, 0.25) is 0 Å². The maximum absolute atomic E-state index is 12.7. The number of nitrogens with one attached hydrogen (secondary N) is 3. The van der Waals surface area contributed by atoms with Gasteiger partial charge in [-0.2, -0.15) is 18.2 Å². The number of halogens is 4. The number of rotatable bonds is 7. The summed E-state index contributed by atoms with van der Waals surface area (Å²) in [6, 6.07) is 12.0. The Morgan fingerprint density at radius 1 is 1.10 bits per heavy atom. The number of carboxylic acids is 1. The van der Waals surface area contributed by atoms with E-state index in [1.54, 1.807) is 30.0 Å². The number of aromatic nitrogens is 3. The summed E-state index contributed by atoms with van der Waals surface area (Å²) in [5.74, 6) is -1.81. The Hall–Kier alpha value is -4.14. The number of nitrogens with zero attached hydrogens (tertiary/aromatic N) is 4. The molecule has 0 unspecified atom stereocenters. The van der Waals surface area contributed by atoms with Crippen LogP contribution in [0.1, 0.15) is 39.7 Å². The van der Waals surface area contributed by atoms with E-state index in [2.05, 4.69) is 58.9 Å². The average molecular weight is 654 g/mol. The highest BCUT2D eigenvalue weighted by molar-refractivity contribution is 9.10. The second-order valence-electron chi connectivity index (χ2n) is 9.68. The van der Waals surface area contributed by atoms with Gasteiger partial charge in [-0.25, -0.2) is 9.78 Å². The molecule has 0 radical (unpaired) electrons. The summed E-state index contributed by atoms with van der Waals surface area (Å²) in [6.07, 6.45) is 0.210. The summed E-state index contributed by atoms with van der Waals surface area (Å²) in [5.41, 5.74) is 2.33. The molecule has 1 amide bonds. The van der Waals surface area contributed by atoms with Crippen LogP contribution < -0.4 is 26.4 Å². The van der Waals surface area contributed by atoms with Gasteiger partial charge in [0.05, 0.1) is 4.47 Å². The van der Waals surface area contributed by atoms with Gasteiger partial charge in [-0.15, -0.1) is 0 Å². The van der Waals surface area contributed by atoms with Crippen LogP contribution in [0.5, 0.6) is 0 Å². The molecule has 1 fully saturated rings. The third kappa shape index (κ3) is 9.19. The molecule has 1 aromatic carbocycles. The lowest BCUT2D eigenvalue weighted by Gasteiger charge is -2.33. The van der Waals surface area contributed by atoms with E-state index < -0.39 is 12.1 Å². The quantitative estimate of drug-likeness (QED) is 0.270. The van der Waals surface area contributed by atoms with E-state index in [1.165, 1.54) is 0 Å². The summed E-state index contributed by atoms with van der Waals surface area (Å²) in [5, 5.41) is 16.5. The molecular formula is C27H31BrF3N7O4. The molecule has 226 valence electrons. The van der Waals surface area contributed by atoms with Gasteiger partial charge in [0.1, 0.15) is 5.69 Å². The third-order valence-electron chi connectivity index (χ3n) is 6.16. The molecule has 0 aliphatic carbocycles. The van der Waals surface area contributed by atoms with Crippen molar-refractivity contribution in [3.63, 3.8) is 0 Å². The van der Waals surface area contributed by atoms with Gasteiger partial charge >= 0.3 is 12.1 Å². The first-order chi connectivity index (χ1) is 19.7. The largest absolute Gasteiger partial charge is 0.490 e. The Kier molecular flexibility index (Phi) is 10.9. The minimum Gasteiger partial charge on any atom is -0.475 e. The number of aliphatic carboxylic acids is 1. The molecule has 0 saturated carbocycles.